The molecule has 0 spiro atoms. The fourth-order valence-electron chi connectivity index (χ4n) is 2.54. The molecule has 2 N–H and O–H groups in total. The topological polar surface area (TPSA) is 84.0 Å². The number of hydrogen-bond acceptors (Lipinski definition) is 5. The highest BCUT2D eigenvalue weighted by molar-refractivity contribution is 7.08. The minimum atomic E-state index is -0.308. The summed E-state index contributed by atoms with van der Waals surface area (Å²) in [5.41, 5.74) is 3.16. The van der Waals surface area contributed by atoms with Gasteiger partial charge in [-0.05, 0) is 53.4 Å². The molecule has 3 aromatic heterocycles. The largest absolute Gasteiger partial charge is 0.348 e. The van der Waals surface area contributed by atoms with Gasteiger partial charge in [0.1, 0.15) is 5.69 Å². The Labute approximate surface area is 154 Å². The maximum absolute atomic E-state index is 12.6. The third-order valence-corrected chi connectivity index (χ3v) is 4.75. The Hall–Kier alpha value is -3.06. The molecule has 1 saturated carbocycles. The summed E-state index contributed by atoms with van der Waals surface area (Å²) in [6.45, 7) is 0. The first-order valence-corrected chi connectivity index (χ1v) is 9.20. The molecule has 1 fully saturated rings. The second-order valence-electron chi connectivity index (χ2n) is 6.06. The molecule has 0 unspecified atom stereocenters. The van der Waals surface area contributed by atoms with Crippen LogP contribution in [0.15, 0.2) is 53.6 Å². The van der Waals surface area contributed by atoms with Crippen LogP contribution in [0.25, 0.3) is 11.1 Å². The van der Waals surface area contributed by atoms with E-state index in [1.54, 1.807) is 29.8 Å². The highest BCUT2D eigenvalue weighted by atomic mass is 32.1. The van der Waals surface area contributed by atoms with Gasteiger partial charge in [0.2, 0.25) is 0 Å². The second kappa shape index (κ2) is 7.05. The predicted octanol–water partition coefficient (Wildman–Crippen LogP) is 3.35. The Morgan fingerprint density at radius 2 is 2.00 bits per heavy atom. The summed E-state index contributed by atoms with van der Waals surface area (Å²) in [6, 6.07) is 7.18. The van der Waals surface area contributed by atoms with Crippen molar-refractivity contribution in [2.45, 2.75) is 18.9 Å². The van der Waals surface area contributed by atoms with Crippen molar-refractivity contribution in [2.75, 3.05) is 5.32 Å². The maximum Gasteiger partial charge on any atom is 0.270 e. The van der Waals surface area contributed by atoms with Gasteiger partial charge in [-0.3, -0.25) is 19.6 Å². The Bertz CT molecular complexity index is 952. The van der Waals surface area contributed by atoms with Crippen LogP contribution in [0.3, 0.4) is 0 Å². The Morgan fingerprint density at radius 3 is 2.77 bits per heavy atom. The minimum Gasteiger partial charge on any atom is -0.348 e. The summed E-state index contributed by atoms with van der Waals surface area (Å²) in [6.07, 6.45) is 6.78. The van der Waals surface area contributed by atoms with E-state index < -0.39 is 0 Å². The van der Waals surface area contributed by atoms with Gasteiger partial charge in [-0.1, -0.05) is 0 Å². The van der Waals surface area contributed by atoms with Crippen molar-refractivity contribution in [3.8, 4) is 11.1 Å². The number of carbonyl (C=O) groups excluding carboxylic acids is 2. The van der Waals surface area contributed by atoms with E-state index in [1.165, 1.54) is 12.3 Å². The van der Waals surface area contributed by atoms with Gasteiger partial charge in [0.05, 0.1) is 11.9 Å². The summed E-state index contributed by atoms with van der Waals surface area (Å²) >= 11 is 1.59. The molecule has 0 aliphatic heterocycles. The molecule has 3 heterocycles. The van der Waals surface area contributed by atoms with Gasteiger partial charge in [0, 0.05) is 29.6 Å². The summed E-state index contributed by atoms with van der Waals surface area (Å²) < 4.78 is 0. The number of pyridine rings is 2. The lowest BCUT2D eigenvalue weighted by Crippen LogP contribution is -2.26. The number of aromatic nitrogens is 2. The average Bonchev–Trinajstić information content (AvgIpc) is 3.31. The van der Waals surface area contributed by atoms with E-state index >= 15 is 0 Å². The first-order chi connectivity index (χ1) is 12.7. The normalized spacial score (nSPS) is 13.2. The Kier molecular flexibility index (Phi) is 4.45. The molecule has 26 heavy (non-hydrogen) atoms. The van der Waals surface area contributed by atoms with Gasteiger partial charge in [0.25, 0.3) is 11.8 Å². The zero-order chi connectivity index (χ0) is 17.9. The molecule has 1 aliphatic carbocycles. The molecule has 0 radical (unpaired) electrons. The Morgan fingerprint density at radius 1 is 1.12 bits per heavy atom. The van der Waals surface area contributed by atoms with E-state index in [-0.39, 0.29) is 23.6 Å². The van der Waals surface area contributed by atoms with Crippen molar-refractivity contribution in [3.05, 3.63) is 64.9 Å². The van der Waals surface area contributed by atoms with Crippen molar-refractivity contribution >= 4 is 28.8 Å². The second-order valence-corrected chi connectivity index (χ2v) is 6.84. The van der Waals surface area contributed by atoms with E-state index in [1.807, 2.05) is 22.9 Å². The number of amides is 2. The van der Waals surface area contributed by atoms with Gasteiger partial charge in [-0.25, -0.2) is 0 Å². The summed E-state index contributed by atoms with van der Waals surface area (Å²) in [7, 11) is 0. The van der Waals surface area contributed by atoms with Crippen LogP contribution >= 0.6 is 11.3 Å². The third-order valence-electron chi connectivity index (χ3n) is 4.07. The number of rotatable bonds is 5. The van der Waals surface area contributed by atoms with Crippen molar-refractivity contribution < 1.29 is 9.59 Å². The monoisotopic (exact) mass is 364 g/mol. The lowest BCUT2D eigenvalue weighted by molar-refractivity contribution is 0.0946. The summed E-state index contributed by atoms with van der Waals surface area (Å²) in [5.74, 6) is -0.556. The maximum atomic E-state index is 12.6. The van der Waals surface area contributed by atoms with E-state index in [4.69, 9.17) is 0 Å². The van der Waals surface area contributed by atoms with Crippen molar-refractivity contribution in [3.63, 3.8) is 0 Å². The molecule has 0 saturated heterocycles. The highest BCUT2D eigenvalue weighted by Crippen LogP contribution is 2.29. The molecule has 0 bridgehead atoms. The van der Waals surface area contributed by atoms with E-state index in [2.05, 4.69) is 20.6 Å². The fraction of sp³-hybridized carbons (Fsp3) is 0.158. The Balaban J connectivity index is 1.55. The van der Waals surface area contributed by atoms with Crippen LogP contribution in [0.4, 0.5) is 5.69 Å². The van der Waals surface area contributed by atoms with Crippen molar-refractivity contribution in [1.82, 2.24) is 15.3 Å². The number of carbonyl (C=O) groups is 2. The van der Waals surface area contributed by atoms with Gasteiger partial charge >= 0.3 is 0 Å². The molecule has 0 aromatic carbocycles. The molecule has 4 rings (SSSR count). The smallest absolute Gasteiger partial charge is 0.270 e. The van der Waals surface area contributed by atoms with Crippen LogP contribution in [-0.4, -0.2) is 27.8 Å². The number of nitrogens with one attached hydrogen (secondary N) is 2. The number of hydrogen-bond donors (Lipinski definition) is 2. The zero-order valence-corrected chi connectivity index (χ0v) is 14.6. The molecule has 1 aliphatic rings. The van der Waals surface area contributed by atoms with Crippen LogP contribution in [0, 0.1) is 0 Å². The lowest BCUT2D eigenvalue weighted by atomic mass is 10.1. The average molecular weight is 364 g/mol. The quantitative estimate of drug-likeness (QED) is 0.727. The van der Waals surface area contributed by atoms with Crippen LogP contribution in [0.5, 0.6) is 0 Å². The fourth-order valence-corrected chi connectivity index (χ4v) is 3.20. The molecular formula is C19H16N4O2S. The third kappa shape index (κ3) is 3.62. The standard InChI is InChI=1S/C19H16N4O2S/c24-18(12-3-7-21-16(9-12)19(25)22-14-1-2-14)23-17-10-20-6-4-15(17)13-5-8-26-11-13/h3-11,14H,1-2H2,(H,22,25)(H,23,24). The predicted molar refractivity (Wildman–Crippen MR) is 100 cm³/mol. The zero-order valence-electron chi connectivity index (χ0n) is 13.8. The number of nitrogens with zero attached hydrogens (tertiary/aromatic N) is 2. The van der Waals surface area contributed by atoms with E-state index in [9.17, 15) is 9.59 Å². The SMILES string of the molecule is O=C(Nc1cnccc1-c1ccsc1)c1ccnc(C(=O)NC2CC2)c1. The van der Waals surface area contributed by atoms with Crippen LogP contribution in [0.1, 0.15) is 33.7 Å². The lowest BCUT2D eigenvalue weighted by Gasteiger charge is -2.10. The van der Waals surface area contributed by atoms with Crippen molar-refractivity contribution in [2.24, 2.45) is 0 Å². The molecule has 130 valence electrons. The first-order valence-electron chi connectivity index (χ1n) is 8.25. The van der Waals surface area contributed by atoms with Gasteiger partial charge in [-0.15, -0.1) is 0 Å². The number of thiophene rings is 1. The number of anilines is 1. The van der Waals surface area contributed by atoms with Crippen LogP contribution < -0.4 is 10.6 Å². The first kappa shape index (κ1) is 16.4. The van der Waals surface area contributed by atoms with Gasteiger partial charge in [-0.2, -0.15) is 11.3 Å². The van der Waals surface area contributed by atoms with Crippen LogP contribution in [-0.2, 0) is 0 Å². The van der Waals surface area contributed by atoms with E-state index in [0.717, 1.165) is 24.0 Å². The summed E-state index contributed by atoms with van der Waals surface area (Å²) in [4.78, 5) is 32.9. The molecule has 2 amide bonds. The molecule has 7 heteroatoms. The van der Waals surface area contributed by atoms with E-state index in [0.29, 0.717) is 11.3 Å². The highest BCUT2D eigenvalue weighted by Gasteiger charge is 2.24. The van der Waals surface area contributed by atoms with Gasteiger partial charge in [0.15, 0.2) is 0 Å². The molecule has 6 nitrogen and oxygen atoms in total. The van der Waals surface area contributed by atoms with Gasteiger partial charge < -0.3 is 10.6 Å². The minimum absolute atomic E-state index is 0.241. The van der Waals surface area contributed by atoms with Crippen LogP contribution in [0.2, 0.25) is 0 Å². The molecular weight excluding hydrogens is 348 g/mol. The van der Waals surface area contributed by atoms with Crippen molar-refractivity contribution in [1.29, 1.82) is 0 Å². The molecule has 3 aromatic rings. The summed E-state index contributed by atoms with van der Waals surface area (Å²) in [5, 5.41) is 9.74. The molecule has 0 atom stereocenters.